The van der Waals surface area contributed by atoms with E-state index in [-0.39, 0.29) is 5.38 Å². The van der Waals surface area contributed by atoms with Crippen molar-refractivity contribution < 1.29 is 9.90 Å². The number of halogens is 1. The Hall–Kier alpha value is -0.240. The molecule has 0 bridgehead atoms. The zero-order valence-electron chi connectivity index (χ0n) is 5.60. The Morgan fingerprint density at radius 2 is 2.22 bits per heavy atom. The Bertz CT molecular complexity index is 101. The molecule has 3 heteroatoms. The molecule has 2 unspecified atom stereocenters. The summed E-state index contributed by atoms with van der Waals surface area (Å²) in [6.07, 6.45) is 0.597. The smallest absolute Gasteiger partial charge is 0.307 e. The van der Waals surface area contributed by atoms with Crippen molar-refractivity contribution in [2.45, 2.75) is 25.6 Å². The molecule has 2 atom stereocenters. The Morgan fingerprint density at radius 1 is 1.78 bits per heavy atom. The van der Waals surface area contributed by atoms with Crippen molar-refractivity contribution >= 4 is 17.6 Å². The summed E-state index contributed by atoms with van der Waals surface area (Å²) in [5, 5.41) is 8.19. The molecule has 0 fully saturated rings. The van der Waals surface area contributed by atoms with Crippen LogP contribution in [0.4, 0.5) is 0 Å². The highest BCUT2D eigenvalue weighted by Crippen LogP contribution is 2.13. The average molecular weight is 151 g/mol. The number of carbonyl (C=O) groups is 1. The van der Waals surface area contributed by atoms with Gasteiger partial charge >= 0.3 is 5.97 Å². The third kappa shape index (κ3) is 2.70. The first-order valence-electron chi connectivity index (χ1n) is 2.96. The van der Waals surface area contributed by atoms with E-state index in [9.17, 15) is 4.79 Å². The van der Waals surface area contributed by atoms with Crippen LogP contribution in [-0.4, -0.2) is 16.5 Å². The van der Waals surface area contributed by atoms with Gasteiger partial charge in [0.15, 0.2) is 0 Å². The van der Waals surface area contributed by atoms with Gasteiger partial charge in [-0.05, 0) is 13.3 Å². The second-order valence-corrected chi connectivity index (χ2v) is 2.72. The molecule has 9 heavy (non-hydrogen) atoms. The second-order valence-electron chi connectivity index (χ2n) is 2.03. The molecule has 1 N–H and O–H groups in total. The first-order chi connectivity index (χ1) is 4.09. The lowest BCUT2D eigenvalue weighted by Gasteiger charge is -2.10. The van der Waals surface area contributed by atoms with E-state index < -0.39 is 11.9 Å². The van der Waals surface area contributed by atoms with Crippen LogP contribution < -0.4 is 0 Å². The Kier molecular flexibility index (Phi) is 3.62. The van der Waals surface area contributed by atoms with Crippen molar-refractivity contribution in [1.82, 2.24) is 0 Å². The van der Waals surface area contributed by atoms with Crippen LogP contribution in [0.5, 0.6) is 0 Å². The van der Waals surface area contributed by atoms with Crippen LogP contribution in [-0.2, 0) is 4.79 Å². The predicted octanol–water partition coefficient (Wildman–Crippen LogP) is 1.72. The fraction of sp³-hybridized carbons (Fsp3) is 0.833. The Labute approximate surface area is 59.8 Å². The summed E-state index contributed by atoms with van der Waals surface area (Å²) in [6, 6.07) is 0. The molecule has 0 aliphatic rings. The summed E-state index contributed by atoms with van der Waals surface area (Å²) in [7, 11) is 0. The van der Waals surface area contributed by atoms with Crippen LogP contribution in [0.3, 0.4) is 0 Å². The standard InChI is InChI=1S/C6H11ClO2/c1-3-5(4(2)7)6(8)9/h4-5H,3H2,1-2H3,(H,8,9). The van der Waals surface area contributed by atoms with Gasteiger partial charge in [0.05, 0.1) is 5.92 Å². The van der Waals surface area contributed by atoms with E-state index in [1.807, 2.05) is 6.92 Å². The number of rotatable bonds is 3. The minimum atomic E-state index is -0.806. The van der Waals surface area contributed by atoms with Gasteiger partial charge in [0.2, 0.25) is 0 Å². The molecule has 0 spiro atoms. The van der Waals surface area contributed by atoms with E-state index in [0.29, 0.717) is 6.42 Å². The molecule has 0 amide bonds. The molecule has 0 saturated heterocycles. The number of hydrogen-bond donors (Lipinski definition) is 1. The lowest BCUT2D eigenvalue weighted by molar-refractivity contribution is -0.141. The average Bonchev–Trinajstić information content (AvgIpc) is 1.64. The summed E-state index contributed by atoms with van der Waals surface area (Å²) >= 11 is 5.56. The molecule has 2 nitrogen and oxygen atoms in total. The van der Waals surface area contributed by atoms with Crippen molar-refractivity contribution in [3.63, 3.8) is 0 Å². The van der Waals surface area contributed by atoms with Crippen LogP contribution in [0.1, 0.15) is 20.3 Å². The van der Waals surface area contributed by atoms with Gasteiger partial charge in [-0.2, -0.15) is 0 Å². The van der Waals surface area contributed by atoms with Crippen molar-refractivity contribution in [3.8, 4) is 0 Å². The zero-order chi connectivity index (χ0) is 7.44. The monoisotopic (exact) mass is 150 g/mol. The van der Waals surface area contributed by atoms with E-state index >= 15 is 0 Å². The van der Waals surface area contributed by atoms with Crippen LogP contribution in [0.2, 0.25) is 0 Å². The first kappa shape index (κ1) is 8.76. The normalized spacial score (nSPS) is 16.8. The van der Waals surface area contributed by atoms with E-state index in [0.717, 1.165) is 0 Å². The van der Waals surface area contributed by atoms with Gasteiger partial charge in [-0.1, -0.05) is 6.92 Å². The summed E-state index contributed by atoms with van der Waals surface area (Å²) in [6.45, 7) is 3.52. The molecule has 54 valence electrons. The van der Waals surface area contributed by atoms with Crippen LogP contribution in [0, 0.1) is 5.92 Å². The summed E-state index contributed by atoms with van der Waals surface area (Å²) < 4.78 is 0. The number of aliphatic carboxylic acids is 1. The molecule has 0 aliphatic carbocycles. The van der Waals surface area contributed by atoms with Crippen LogP contribution in [0.25, 0.3) is 0 Å². The summed E-state index contributed by atoms with van der Waals surface area (Å²) in [5.41, 5.74) is 0. The SMILES string of the molecule is CCC(C(=O)O)C(C)Cl. The van der Waals surface area contributed by atoms with Crippen LogP contribution >= 0.6 is 11.6 Å². The van der Waals surface area contributed by atoms with Crippen molar-refractivity contribution in [2.75, 3.05) is 0 Å². The summed E-state index contributed by atoms with van der Waals surface area (Å²) in [4.78, 5) is 10.3. The van der Waals surface area contributed by atoms with Gasteiger partial charge in [0, 0.05) is 5.38 Å². The maximum absolute atomic E-state index is 10.3. The Morgan fingerprint density at radius 3 is 2.22 bits per heavy atom. The van der Waals surface area contributed by atoms with Crippen LogP contribution in [0.15, 0.2) is 0 Å². The summed E-state index contributed by atoms with van der Waals surface area (Å²) in [5.74, 6) is -1.20. The third-order valence-corrected chi connectivity index (χ3v) is 1.62. The quantitative estimate of drug-likeness (QED) is 0.623. The fourth-order valence-electron chi connectivity index (χ4n) is 0.696. The number of carboxylic acids is 1. The number of hydrogen-bond acceptors (Lipinski definition) is 1. The fourth-order valence-corrected chi connectivity index (χ4v) is 0.982. The highest BCUT2D eigenvalue weighted by molar-refractivity contribution is 6.21. The molecular formula is C6H11ClO2. The Balaban J connectivity index is 3.83. The lowest BCUT2D eigenvalue weighted by atomic mass is 10.0. The molecule has 0 aromatic rings. The molecule has 0 rings (SSSR count). The highest BCUT2D eigenvalue weighted by Gasteiger charge is 2.19. The minimum absolute atomic E-state index is 0.271. The van der Waals surface area contributed by atoms with E-state index in [4.69, 9.17) is 16.7 Å². The van der Waals surface area contributed by atoms with Crippen molar-refractivity contribution in [1.29, 1.82) is 0 Å². The van der Waals surface area contributed by atoms with Gasteiger partial charge in [0.25, 0.3) is 0 Å². The maximum Gasteiger partial charge on any atom is 0.307 e. The van der Waals surface area contributed by atoms with Gasteiger partial charge in [-0.3, -0.25) is 4.79 Å². The molecule has 0 aromatic heterocycles. The lowest BCUT2D eigenvalue weighted by Crippen LogP contribution is -2.20. The third-order valence-electron chi connectivity index (χ3n) is 1.31. The van der Waals surface area contributed by atoms with Gasteiger partial charge < -0.3 is 5.11 Å². The molecule has 0 radical (unpaired) electrons. The molecule has 0 saturated carbocycles. The first-order valence-corrected chi connectivity index (χ1v) is 3.40. The van der Waals surface area contributed by atoms with E-state index in [1.54, 1.807) is 6.92 Å². The molecule has 0 aromatic carbocycles. The minimum Gasteiger partial charge on any atom is -0.481 e. The van der Waals surface area contributed by atoms with Gasteiger partial charge in [0.1, 0.15) is 0 Å². The van der Waals surface area contributed by atoms with Crippen molar-refractivity contribution in [3.05, 3.63) is 0 Å². The molecular weight excluding hydrogens is 140 g/mol. The van der Waals surface area contributed by atoms with E-state index in [1.165, 1.54) is 0 Å². The van der Waals surface area contributed by atoms with Crippen molar-refractivity contribution in [2.24, 2.45) is 5.92 Å². The predicted molar refractivity (Wildman–Crippen MR) is 36.7 cm³/mol. The zero-order valence-corrected chi connectivity index (χ0v) is 6.35. The number of carboxylic acid groups (broad SMARTS) is 1. The van der Waals surface area contributed by atoms with Gasteiger partial charge in [-0.15, -0.1) is 11.6 Å². The second kappa shape index (κ2) is 3.72. The number of alkyl halides is 1. The van der Waals surface area contributed by atoms with Gasteiger partial charge in [-0.25, -0.2) is 0 Å². The maximum atomic E-state index is 10.3. The topological polar surface area (TPSA) is 37.3 Å². The van der Waals surface area contributed by atoms with E-state index in [2.05, 4.69) is 0 Å². The highest BCUT2D eigenvalue weighted by atomic mass is 35.5. The largest absolute Gasteiger partial charge is 0.481 e. The molecule has 0 heterocycles. The molecule has 0 aliphatic heterocycles.